The normalized spacial score (nSPS) is 17.3. The lowest BCUT2D eigenvalue weighted by Crippen LogP contribution is -2.26. The predicted octanol–water partition coefficient (Wildman–Crippen LogP) is 1.31. The highest BCUT2D eigenvalue weighted by atomic mass is 16.5. The second-order valence-electron chi connectivity index (χ2n) is 4.99. The molecule has 0 aliphatic carbocycles. The molecule has 0 saturated carbocycles. The smallest absolute Gasteiger partial charge is 0.307 e. The summed E-state index contributed by atoms with van der Waals surface area (Å²) < 4.78 is 6.81. The van der Waals surface area contributed by atoms with Crippen molar-refractivity contribution in [3.05, 3.63) is 24.0 Å². The van der Waals surface area contributed by atoms with Crippen LogP contribution < -0.4 is 4.74 Å². The van der Waals surface area contributed by atoms with Gasteiger partial charge in [-0.1, -0.05) is 0 Å². The fourth-order valence-electron chi connectivity index (χ4n) is 2.45. The highest BCUT2D eigenvalue weighted by Crippen LogP contribution is 2.31. The number of fused-ring (bicyclic) bond motifs is 1. The van der Waals surface area contributed by atoms with Gasteiger partial charge in [-0.25, -0.2) is 9.67 Å². The third kappa shape index (κ3) is 2.42. The Hall–Kier alpha value is -2.57. The van der Waals surface area contributed by atoms with Crippen molar-refractivity contribution < 1.29 is 19.7 Å². The number of phenols is 1. The first-order chi connectivity index (χ1) is 10.1. The van der Waals surface area contributed by atoms with Gasteiger partial charge < -0.3 is 14.9 Å². The summed E-state index contributed by atoms with van der Waals surface area (Å²) in [5.41, 5.74) is 0.721. The van der Waals surface area contributed by atoms with Gasteiger partial charge in [0, 0.05) is 18.5 Å². The van der Waals surface area contributed by atoms with Crippen LogP contribution in [0.1, 0.15) is 12.2 Å². The summed E-state index contributed by atoms with van der Waals surface area (Å²) in [6.45, 7) is 0.550. The number of hydrogen-bond acceptors (Lipinski definition) is 5. The zero-order chi connectivity index (χ0) is 15.0. The van der Waals surface area contributed by atoms with Crippen LogP contribution in [0.5, 0.6) is 11.5 Å². The maximum Gasteiger partial charge on any atom is 0.307 e. The molecule has 3 rings (SSSR count). The van der Waals surface area contributed by atoms with Crippen molar-refractivity contribution in [3.63, 3.8) is 0 Å². The molecule has 0 bridgehead atoms. The lowest BCUT2D eigenvalue weighted by Gasteiger charge is -2.17. The van der Waals surface area contributed by atoms with Crippen molar-refractivity contribution in [2.45, 2.75) is 19.4 Å². The van der Waals surface area contributed by atoms with Gasteiger partial charge in [-0.2, -0.15) is 5.10 Å². The fraction of sp³-hybridized carbons (Fsp3) is 0.357. The van der Waals surface area contributed by atoms with E-state index >= 15 is 0 Å². The number of methoxy groups -OCH3 is 1. The monoisotopic (exact) mass is 289 g/mol. The van der Waals surface area contributed by atoms with Crippen molar-refractivity contribution >= 4 is 5.97 Å². The Balaban J connectivity index is 1.93. The Morgan fingerprint density at radius 1 is 1.48 bits per heavy atom. The first kappa shape index (κ1) is 13.4. The summed E-state index contributed by atoms with van der Waals surface area (Å²) in [4.78, 5) is 15.5. The maximum absolute atomic E-state index is 11.1. The third-order valence-corrected chi connectivity index (χ3v) is 3.65. The predicted molar refractivity (Wildman–Crippen MR) is 73.1 cm³/mol. The molecule has 1 atom stereocenters. The van der Waals surface area contributed by atoms with Crippen molar-refractivity contribution in [1.82, 2.24) is 14.8 Å². The summed E-state index contributed by atoms with van der Waals surface area (Å²) in [5, 5.41) is 23.1. The van der Waals surface area contributed by atoms with Crippen LogP contribution in [0.25, 0.3) is 11.4 Å². The van der Waals surface area contributed by atoms with Crippen molar-refractivity contribution in [2.24, 2.45) is 5.92 Å². The van der Waals surface area contributed by atoms with Gasteiger partial charge in [0.25, 0.3) is 0 Å². The van der Waals surface area contributed by atoms with E-state index in [-0.39, 0.29) is 5.75 Å². The molecular weight excluding hydrogens is 274 g/mol. The molecule has 2 heterocycles. The van der Waals surface area contributed by atoms with E-state index in [1.54, 1.807) is 16.8 Å². The number of aryl methyl sites for hydroxylation is 1. The molecule has 2 aromatic rings. The molecule has 0 spiro atoms. The first-order valence-corrected chi connectivity index (χ1v) is 6.62. The highest BCUT2D eigenvalue weighted by Gasteiger charge is 2.27. The van der Waals surface area contributed by atoms with E-state index in [0.717, 1.165) is 5.56 Å². The Labute approximate surface area is 120 Å². The first-order valence-electron chi connectivity index (χ1n) is 6.62. The topological polar surface area (TPSA) is 97.5 Å². The van der Waals surface area contributed by atoms with E-state index in [1.807, 2.05) is 0 Å². The summed E-state index contributed by atoms with van der Waals surface area (Å²) in [5.74, 6) is 0.394. The number of aliphatic carboxylic acids is 1. The summed E-state index contributed by atoms with van der Waals surface area (Å²) in [6, 6.07) is 4.88. The molecule has 2 N–H and O–H groups in total. The number of nitrogens with zero attached hydrogens (tertiary/aromatic N) is 3. The number of rotatable bonds is 3. The van der Waals surface area contributed by atoms with E-state index in [9.17, 15) is 9.90 Å². The molecule has 110 valence electrons. The Bertz CT molecular complexity index is 696. The van der Waals surface area contributed by atoms with Crippen molar-refractivity contribution in [1.29, 1.82) is 0 Å². The van der Waals surface area contributed by atoms with Crippen LogP contribution in [-0.4, -0.2) is 38.1 Å². The van der Waals surface area contributed by atoms with E-state index in [4.69, 9.17) is 9.84 Å². The second-order valence-corrected chi connectivity index (χ2v) is 4.99. The van der Waals surface area contributed by atoms with Crippen LogP contribution in [0, 0.1) is 5.92 Å². The van der Waals surface area contributed by atoms with Gasteiger partial charge >= 0.3 is 5.97 Å². The molecule has 0 amide bonds. The van der Waals surface area contributed by atoms with Crippen LogP contribution in [-0.2, 0) is 17.8 Å². The van der Waals surface area contributed by atoms with E-state index in [1.165, 1.54) is 13.2 Å². The average molecular weight is 289 g/mol. The standard InChI is InChI=1S/C14H15N3O4/c1-21-11-6-8(2-3-10(11)18)13-15-12-7-9(14(19)20)4-5-17(12)16-13/h2-3,6,9,18H,4-5,7H2,1H3,(H,19,20). The molecule has 1 aromatic heterocycles. The van der Waals surface area contributed by atoms with Crippen LogP contribution in [0.2, 0.25) is 0 Å². The lowest BCUT2D eigenvalue weighted by molar-refractivity contribution is -0.142. The number of ether oxygens (including phenoxy) is 1. The number of hydrogen-bond donors (Lipinski definition) is 2. The van der Waals surface area contributed by atoms with Crippen LogP contribution in [0.3, 0.4) is 0 Å². The van der Waals surface area contributed by atoms with Gasteiger partial charge in [-0.05, 0) is 24.6 Å². The van der Waals surface area contributed by atoms with Crippen LogP contribution >= 0.6 is 0 Å². The maximum atomic E-state index is 11.1. The van der Waals surface area contributed by atoms with Crippen LogP contribution in [0.4, 0.5) is 0 Å². The molecule has 0 radical (unpaired) electrons. The Morgan fingerprint density at radius 3 is 3.00 bits per heavy atom. The van der Waals surface area contributed by atoms with Crippen molar-refractivity contribution in [2.75, 3.05) is 7.11 Å². The average Bonchev–Trinajstić information content (AvgIpc) is 2.90. The zero-order valence-corrected chi connectivity index (χ0v) is 11.5. The Kier molecular flexibility index (Phi) is 3.25. The van der Waals surface area contributed by atoms with Crippen LogP contribution in [0.15, 0.2) is 18.2 Å². The van der Waals surface area contributed by atoms with Gasteiger partial charge in [0.15, 0.2) is 17.3 Å². The molecule has 1 unspecified atom stereocenters. The molecule has 1 aliphatic rings. The fourth-order valence-corrected chi connectivity index (χ4v) is 2.45. The second kappa shape index (κ2) is 5.08. The largest absolute Gasteiger partial charge is 0.504 e. The summed E-state index contributed by atoms with van der Waals surface area (Å²) >= 11 is 0. The number of carbonyl (C=O) groups is 1. The number of aromatic nitrogens is 3. The summed E-state index contributed by atoms with van der Waals surface area (Å²) in [6.07, 6.45) is 0.946. The number of phenolic OH excluding ortho intramolecular Hbond substituents is 1. The van der Waals surface area contributed by atoms with E-state index in [0.29, 0.717) is 36.8 Å². The minimum absolute atomic E-state index is 0.0520. The quantitative estimate of drug-likeness (QED) is 0.884. The highest BCUT2D eigenvalue weighted by molar-refractivity contribution is 5.70. The Morgan fingerprint density at radius 2 is 2.29 bits per heavy atom. The third-order valence-electron chi connectivity index (χ3n) is 3.65. The molecule has 0 fully saturated rings. The number of carboxylic acid groups (broad SMARTS) is 1. The SMILES string of the molecule is COc1cc(-c2nc3n(n2)CCC(C(=O)O)C3)ccc1O. The van der Waals surface area contributed by atoms with Gasteiger partial charge in [-0.3, -0.25) is 4.79 Å². The van der Waals surface area contributed by atoms with E-state index in [2.05, 4.69) is 10.1 Å². The minimum atomic E-state index is -0.794. The van der Waals surface area contributed by atoms with Gasteiger partial charge in [-0.15, -0.1) is 0 Å². The molecule has 21 heavy (non-hydrogen) atoms. The molecule has 7 nitrogen and oxygen atoms in total. The van der Waals surface area contributed by atoms with Gasteiger partial charge in [0.2, 0.25) is 0 Å². The zero-order valence-electron chi connectivity index (χ0n) is 11.5. The molecular formula is C14H15N3O4. The number of benzene rings is 1. The molecule has 7 heteroatoms. The number of carboxylic acids is 1. The number of aromatic hydroxyl groups is 1. The molecule has 1 aliphatic heterocycles. The lowest BCUT2D eigenvalue weighted by atomic mass is 9.98. The molecule has 1 aromatic carbocycles. The van der Waals surface area contributed by atoms with Gasteiger partial charge in [0.1, 0.15) is 5.82 Å². The minimum Gasteiger partial charge on any atom is -0.504 e. The molecule has 0 saturated heterocycles. The van der Waals surface area contributed by atoms with E-state index < -0.39 is 11.9 Å². The van der Waals surface area contributed by atoms with Gasteiger partial charge in [0.05, 0.1) is 13.0 Å². The summed E-state index contributed by atoms with van der Waals surface area (Å²) in [7, 11) is 1.47. The van der Waals surface area contributed by atoms with Crippen molar-refractivity contribution in [3.8, 4) is 22.9 Å².